The van der Waals surface area contributed by atoms with Crippen LogP contribution in [0, 0.1) is 0 Å². The minimum atomic E-state index is -0.531. The summed E-state index contributed by atoms with van der Waals surface area (Å²) in [6.07, 6.45) is 4.79. The number of hydrogen-bond acceptors (Lipinski definition) is 6. The first-order valence-corrected chi connectivity index (χ1v) is 12.1. The summed E-state index contributed by atoms with van der Waals surface area (Å²) in [4.78, 5) is 24.5. The van der Waals surface area contributed by atoms with E-state index in [1.807, 2.05) is 31.2 Å². The molecule has 0 fully saturated rings. The lowest BCUT2D eigenvalue weighted by molar-refractivity contribution is -0.123. The number of unbranched alkanes of at least 4 members (excludes halogenated alkanes) is 1. The highest BCUT2D eigenvalue weighted by atomic mass is 35.5. The molecular formula is C28H29ClN2O5. The van der Waals surface area contributed by atoms with E-state index in [0.29, 0.717) is 34.3 Å². The maximum Gasteiger partial charge on any atom is 0.343 e. The fourth-order valence-electron chi connectivity index (χ4n) is 3.20. The Morgan fingerprint density at radius 1 is 0.944 bits per heavy atom. The van der Waals surface area contributed by atoms with Gasteiger partial charge in [0, 0.05) is 5.02 Å². The number of nitrogens with one attached hydrogen (secondary N) is 1. The molecule has 0 bridgehead atoms. The van der Waals surface area contributed by atoms with E-state index >= 15 is 0 Å². The number of halogens is 1. The van der Waals surface area contributed by atoms with Crippen molar-refractivity contribution in [3.05, 3.63) is 88.4 Å². The van der Waals surface area contributed by atoms with Crippen LogP contribution in [0.25, 0.3) is 0 Å². The highest BCUT2D eigenvalue weighted by Crippen LogP contribution is 2.29. The van der Waals surface area contributed by atoms with Gasteiger partial charge in [0.25, 0.3) is 5.91 Å². The summed E-state index contributed by atoms with van der Waals surface area (Å²) in [5.74, 6) is 0.351. The van der Waals surface area contributed by atoms with E-state index in [0.717, 1.165) is 19.3 Å². The van der Waals surface area contributed by atoms with Crippen LogP contribution < -0.4 is 19.6 Å². The molecule has 0 aliphatic rings. The SMILES string of the molecule is CCCCc1ccc(OCC(=O)NN=Cc2ccc(OC(=O)c3ccc(Cl)cc3)c(OCC)c2)cc1. The van der Waals surface area contributed by atoms with Crippen molar-refractivity contribution in [2.24, 2.45) is 5.10 Å². The van der Waals surface area contributed by atoms with E-state index in [4.69, 9.17) is 25.8 Å². The number of rotatable bonds is 12. The number of esters is 1. The molecule has 3 rings (SSSR count). The molecule has 36 heavy (non-hydrogen) atoms. The lowest BCUT2D eigenvalue weighted by atomic mass is 10.1. The van der Waals surface area contributed by atoms with Crippen LogP contribution in [-0.4, -0.2) is 31.3 Å². The molecule has 0 heterocycles. The van der Waals surface area contributed by atoms with E-state index in [1.165, 1.54) is 11.8 Å². The molecule has 0 spiro atoms. The number of amides is 1. The number of nitrogens with zero attached hydrogens (tertiary/aromatic N) is 1. The second kappa shape index (κ2) is 13.9. The van der Waals surface area contributed by atoms with Gasteiger partial charge >= 0.3 is 5.97 Å². The third-order valence-corrected chi connectivity index (χ3v) is 5.32. The molecule has 7 nitrogen and oxygen atoms in total. The Bertz CT molecular complexity index is 1180. The van der Waals surface area contributed by atoms with Gasteiger partial charge in [0.15, 0.2) is 18.1 Å². The summed E-state index contributed by atoms with van der Waals surface area (Å²) in [6, 6.07) is 19.1. The van der Waals surface area contributed by atoms with Gasteiger partial charge in [0.1, 0.15) is 5.75 Å². The zero-order chi connectivity index (χ0) is 25.8. The van der Waals surface area contributed by atoms with Crippen LogP contribution in [0.2, 0.25) is 5.02 Å². The number of carbonyl (C=O) groups is 2. The van der Waals surface area contributed by atoms with Gasteiger partial charge in [0.05, 0.1) is 18.4 Å². The monoisotopic (exact) mass is 508 g/mol. The number of benzene rings is 3. The zero-order valence-corrected chi connectivity index (χ0v) is 21.1. The Labute approximate surface area is 216 Å². The summed E-state index contributed by atoms with van der Waals surface area (Å²) >= 11 is 5.87. The van der Waals surface area contributed by atoms with Crippen LogP contribution in [0.15, 0.2) is 71.8 Å². The van der Waals surface area contributed by atoms with Gasteiger partial charge in [-0.15, -0.1) is 0 Å². The van der Waals surface area contributed by atoms with Crippen molar-refractivity contribution in [3.63, 3.8) is 0 Å². The minimum Gasteiger partial charge on any atom is -0.490 e. The Balaban J connectivity index is 1.53. The molecule has 0 aromatic heterocycles. The Kier molecular flexibility index (Phi) is 10.3. The smallest absolute Gasteiger partial charge is 0.343 e. The van der Waals surface area contributed by atoms with E-state index in [9.17, 15) is 9.59 Å². The molecule has 0 unspecified atom stereocenters. The average molecular weight is 509 g/mol. The first-order chi connectivity index (χ1) is 17.5. The number of ether oxygens (including phenoxy) is 3. The largest absolute Gasteiger partial charge is 0.490 e. The van der Waals surface area contributed by atoms with E-state index in [2.05, 4.69) is 17.5 Å². The van der Waals surface area contributed by atoms with Crippen LogP contribution in [-0.2, 0) is 11.2 Å². The Morgan fingerprint density at radius 2 is 1.69 bits per heavy atom. The van der Waals surface area contributed by atoms with Crippen molar-refractivity contribution in [3.8, 4) is 17.2 Å². The third kappa shape index (κ3) is 8.43. The minimum absolute atomic E-state index is 0.157. The van der Waals surface area contributed by atoms with Gasteiger partial charge in [0.2, 0.25) is 0 Å². The maximum absolute atomic E-state index is 12.4. The number of carbonyl (C=O) groups excluding carboxylic acids is 2. The predicted molar refractivity (Wildman–Crippen MR) is 140 cm³/mol. The van der Waals surface area contributed by atoms with Crippen molar-refractivity contribution >= 4 is 29.7 Å². The van der Waals surface area contributed by atoms with Gasteiger partial charge < -0.3 is 14.2 Å². The van der Waals surface area contributed by atoms with Crippen molar-refractivity contribution < 1.29 is 23.8 Å². The Hall–Kier alpha value is -3.84. The van der Waals surface area contributed by atoms with E-state index in [1.54, 1.807) is 42.5 Å². The lowest BCUT2D eigenvalue weighted by Crippen LogP contribution is -2.24. The summed E-state index contributed by atoms with van der Waals surface area (Å²) < 4.78 is 16.6. The molecule has 3 aromatic carbocycles. The summed E-state index contributed by atoms with van der Waals surface area (Å²) in [7, 11) is 0. The molecule has 0 radical (unpaired) electrons. The van der Waals surface area contributed by atoms with Gasteiger partial charge in [-0.2, -0.15) is 5.10 Å². The molecule has 3 aromatic rings. The van der Waals surface area contributed by atoms with Crippen molar-refractivity contribution in [2.75, 3.05) is 13.2 Å². The van der Waals surface area contributed by atoms with Crippen molar-refractivity contribution in [2.45, 2.75) is 33.1 Å². The van der Waals surface area contributed by atoms with Crippen LogP contribution in [0.5, 0.6) is 17.2 Å². The molecule has 0 saturated heterocycles. The highest BCUT2D eigenvalue weighted by molar-refractivity contribution is 6.30. The fourth-order valence-corrected chi connectivity index (χ4v) is 3.32. The topological polar surface area (TPSA) is 86.2 Å². The second-order valence-electron chi connectivity index (χ2n) is 7.86. The summed E-state index contributed by atoms with van der Waals surface area (Å²) in [6.45, 7) is 4.20. The maximum atomic E-state index is 12.4. The molecule has 1 amide bonds. The van der Waals surface area contributed by atoms with Crippen LogP contribution in [0.4, 0.5) is 0 Å². The van der Waals surface area contributed by atoms with Crippen LogP contribution in [0.1, 0.15) is 48.2 Å². The highest BCUT2D eigenvalue weighted by Gasteiger charge is 2.13. The summed E-state index contributed by atoms with van der Waals surface area (Å²) in [5, 5.41) is 4.50. The first-order valence-electron chi connectivity index (χ1n) is 11.8. The van der Waals surface area contributed by atoms with E-state index < -0.39 is 5.97 Å². The Morgan fingerprint density at radius 3 is 2.39 bits per heavy atom. The molecule has 0 atom stereocenters. The average Bonchev–Trinajstić information content (AvgIpc) is 2.88. The quantitative estimate of drug-likeness (QED) is 0.144. The van der Waals surface area contributed by atoms with Crippen LogP contribution >= 0.6 is 11.6 Å². The van der Waals surface area contributed by atoms with Gasteiger partial charge in [-0.3, -0.25) is 4.79 Å². The molecule has 1 N–H and O–H groups in total. The number of hydrogen-bond donors (Lipinski definition) is 1. The van der Waals surface area contributed by atoms with Gasteiger partial charge in [-0.25, -0.2) is 10.2 Å². The molecule has 0 aliphatic heterocycles. The molecule has 188 valence electrons. The summed E-state index contributed by atoms with van der Waals surface area (Å²) in [5.41, 5.74) is 4.69. The fraction of sp³-hybridized carbons (Fsp3) is 0.250. The normalized spacial score (nSPS) is 10.8. The number of hydrazone groups is 1. The molecular weight excluding hydrogens is 480 g/mol. The first kappa shape index (κ1) is 26.8. The van der Waals surface area contributed by atoms with Gasteiger partial charge in [-0.1, -0.05) is 37.1 Å². The molecule has 8 heteroatoms. The van der Waals surface area contributed by atoms with Crippen LogP contribution in [0.3, 0.4) is 0 Å². The molecule has 0 aliphatic carbocycles. The second-order valence-corrected chi connectivity index (χ2v) is 8.30. The van der Waals surface area contributed by atoms with Crippen molar-refractivity contribution in [1.82, 2.24) is 5.43 Å². The van der Waals surface area contributed by atoms with Gasteiger partial charge in [-0.05, 0) is 85.5 Å². The standard InChI is InChI=1S/C28H29ClN2O5/c1-3-5-6-20-7-14-24(15-8-20)35-19-27(32)31-30-18-21-9-16-25(26(17-21)34-4-2)36-28(33)22-10-12-23(29)13-11-22/h7-18H,3-6,19H2,1-2H3,(H,31,32). The third-order valence-electron chi connectivity index (χ3n) is 5.07. The van der Waals surface area contributed by atoms with E-state index in [-0.39, 0.29) is 18.3 Å². The predicted octanol–water partition coefficient (Wildman–Crippen LogP) is 5.83. The zero-order valence-electron chi connectivity index (χ0n) is 20.3. The lowest BCUT2D eigenvalue weighted by Gasteiger charge is -2.11. The molecule has 0 saturated carbocycles. The van der Waals surface area contributed by atoms with Crippen molar-refractivity contribution in [1.29, 1.82) is 0 Å². The number of aryl methyl sites for hydroxylation is 1.